The summed E-state index contributed by atoms with van der Waals surface area (Å²) in [5, 5.41) is 3.76. The molecule has 2 heterocycles. The molecule has 3 aromatic rings. The lowest BCUT2D eigenvalue weighted by Gasteiger charge is -2.21. The van der Waals surface area contributed by atoms with E-state index in [0.29, 0.717) is 11.6 Å². The summed E-state index contributed by atoms with van der Waals surface area (Å²) in [6.45, 7) is 2.60. The Hall–Kier alpha value is -2.33. The zero-order valence-corrected chi connectivity index (χ0v) is 14.9. The van der Waals surface area contributed by atoms with Crippen LogP contribution in [0.3, 0.4) is 0 Å². The second-order valence-corrected chi connectivity index (χ2v) is 7.16. The number of nitrogens with zero attached hydrogens (tertiary/aromatic N) is 2. The van der Waals surface area contributed by atoms with Gasteiger partial charge in [0.05, 0.1) is 5.69 Å². The molecule has 0 bridgehead atoms. The molecule has 0 fully saturated rings. The monoisotopic (exact) mass is 353 g/mol. The van der Waals surface area contributed by atoms with Crippen molar-refractivity contribution in [3.8, 4) is 0 Å². The highest BCUT2D eigenvalue weighted by atomic mass is 35.5. The molecule has 0 spiro atoms. The Balaban J connectivity index is 1.47. The average Bonchev–Trinajstić information content (AvgIpc) is 2.97. The summed E-state index contributed by atoms with van der Waals surface area (Å²) in [5.74, 6) is 0.115. The van der Waals surface area contributed by atoms with Crippen LogP contribution in [-0.4, -0.2) is 15.3 Å². The highest BCUT2D eigenvalue weighted by molar-refractivity contribution is 6.30. The number of hydrogen-bond donors (Lipinski definition) is 1. The fraction of sp³-hybridized carbons (Fsp3) is 0.300. The summed E-state index contributed by atoms with van der Waals surface area (Å²) in [6, 6.07) is 11.7. The minimum atomic E-state index is 0.000929. The first-order chi connectivity index (χ1) is 12.1. The molecule has 0 saturated heterocycles. The maximum Gasteiger partial charge on any atom is 0.223 e. The zero-order valence-electron chi connectivity index (χ0n) is 14.1. The van der Waals surface area contributed by atoms with Gasteiger partial charge in [-0.1, -0.05) is 23.7 Å². The van der Waals surface area contributed by atoms with Crippen LogP contribution in [0.25, 0.3) is 5.65 Å². The van der Waals surface area contributed by atoms with Crippen LogP contribution in [0.4, 0.5) is 0 Å². The van der Waals surface area contributed by atoms with Gasteiger partial charge in [-0.05, 0) is 55.2 Å². The summed E-state index contributed by atoms with van der Waals surface area (Å²) in [5.41, 5.74) is 5.54. The van der Waals surface area contributed by atoms with Gasteiger partial charge in [-0.2, -0.15) is 0 Å². The van der Waals surface area contributed by atoms with E-state index in [1.165, 1.54) is 11.3 Å². The fourth-order valence-electron chi connectivity index (χ4n) is 3.47. The number of halogens is 1. The molecule has 2 aromatic heterocycles. The Morgan fingerprint density at radius 1 is 1.32 bits per heavy atom. The van der Waals surface area contributed by atoms with Crippen molar-refractivity contribution < 1.29 is 4.79 Å². The second-order valence-electron chi connectivity index (χ2n) is 6.72. The summed E-state index contributed by atoms with van der Waals surface area (Å²) in [7, 11) is 0. The normalized spacial score (nSPS) is 16.6. The van der Waals surface area contributed by atoms with Crippen molar-refractivity contribution in [1.29, 1.82) is 0 Å². The van der Waals surface area contributed by atoms with Gasteiger partial charge in [-0.3, -0.25) is 4.79 Å². The number of amides is 1. The largest absolute Gasteiger partial charge is 0.352 e. The number of rotatable bonds is 3. The lowest BCUT2D eigenvalue weighted by molar-refractivity contribution is -0.125. The predicted octanol–water partition coefficient (Wildman–Crippen LogP) is 3.72. The molecule has 25 heavy (non-hydrogen) atoms. The van der Waals surface area contributed by atoms with E-state index >= 15 is 0 Å². The number of pyridine rings is 1. The first kappa shape index (κ1) is 16.2. The molecule has 4 rings (SSSR count). The molecule has 0 radical (unpaired) electrons. The topological polar surface area (TPSA) is 46.4 Å². The van der Waals surface area contributed by atoms with Crippen LogP contribution < -0.4 is 5.32 Å². The van der Waals surface area contributed by atoms with Crippen LogP contribution >= 0.6 is 11.6 Å². The lowest BCUT2D eigenvalue weighted by atomic mass is 9.89. The van der Waals surface area contributed by atoms with E-state index in [2.05, 4.69) is 35.0 Å². The number of nitrogens with one attached hydrogen (secondary N) is 1. The van der Waals surface area contributed by atoms with E-state index in [1.807, 2.05) is 24.3 Å². The summed E-state index contributed by atoms with van der Waals surface area (Å²) in [4.78, 5) is 17.3. The molecule has 5 heteroatoms. The number of imidazole rings is 1. The summed E-state index contributed by atoms with van der Waals surface area (Å²) in [6.07, 6.45) is 4.51. The highest BCUT2D eigenvalue weighted by Crippen LogP contribution is 2.27. The Labute approximate surface area is 151 Å². The van der Waals surface area contributed by atoms with Crippen molar-refractivity contribution in [3.63, 3.8) is 0 Å². The molecular weight excluding hydrogens is 334 g/mol. The van der Waals surface area contributed by atoms with Gasteiger partial charge in [0.1, 0.15) is 5.65 Å². The van der Waals surface area contributed by atoms with Crippen molar-refractivity contribution in [2.75, 3.05) is 0 Å². The standard InChI is InChI=1S/C20H20ClN3O/c1-13-8-9-24-18-11-15(4-7-17(18)23-19(24)10-13)20(25)22-12-14-2-5-16(21)6-3-14/h2-3,5-6,8-10,15H,4,7,11-12H2,1H3,(H,22,25). The Morgan fingerprint density at radius 3 is 2.92 bits per heavy atom. The van der Waals surface area contributed by atoms with Crippen molar-refractivity contribution in [2.24, 2.45) is 5.92 Å². The van der Waals surface area contributed by atoms with Crippen molar-refractivity contribution in [1.82, 2.24) is 14.7 Å². The van der Waals surface area contributed by atoms with E-state index in [4.69, 9.17) is 16.6 Å². The minimum Gasteiger partial charge on any atom is -0.352 e. The molecule has 4 nitrogen and oxygen atoms in total. The van der Waals surface area contributed by atoms with E-state index in [0.717, 1.165) is 36.2 Å². The van der Waals surface area contributed by atoms with Crippen molar-refractivity contribution in [3.05, 3.63) is 70.1 Å². The van der Waals surface area contributed by atoms with Gasteiger partial charge in [0.2, 0.25) is 5.91 Å². The molecule has 0 aliphatic heterocycles. The van der Waals surface area contributed by atoms with Crippen LogP contribution in [0.5, 0.6) is 0 Å². The number of carbonyl (C=O) groups is 1. The van der Waals surface area contributed by atoms with Crippen LogP contribution in [0, 0.1) is 12.8 Å². The molecule has 1 aliphatic rings. The van der Waals surface area contributed by atoms with Gasteiger partial charge in [-0.25, -0.2) is 4.98 Å². The number of hydrogen-bond acceptors (Lipinski definition) is 2. The predicted molar refractivity (Wildman–Crippen MR) is 98.7 cm³/mol. The third-order valence-electron chi connectivity index (χ3n) is 4.88. The van der Waals surface area contributed by atoms with Gasteiger partial charge in [-0.15, -0.1) is 0 Å². The van der Waals surface area contributed by atoms with E-state index in [1.54, 1.807) is 0 Å². The molecule has 1 aliphatic carbocycles. The number of carbonyl (C=O) groups excluding carboxylic acids is 1. The average molecular weight is 354 g/mol. The molecule has 1 aromatic carbocycles. The third kappa shape index (κ3) is 3.27. The molecular formula is C20H20ClN3O. The maximum atomic E-state index is 12.6. The molecule has 1 N–H and O–H groups in total. The molecule has 128 valence electrons. The van der Waals surface area contributed by atoms with Gasteiger partial charge in [0.25, 0.3) is 0 Å². The lowest BCUT2D eigenvalue weighted by Crippen LogP contribution is -2.34. The van der Waals surface area contributed by atoms with Gasteiger partial charge >= 0.3 is 0 Å². The molecule has 1 atom stereocenters. The molecule has 0 saturated carbocycles. The van der Waals surface area contributed by atoms with Crippen LogP contribution in [0.15, 0.2) is 42.6 Å². The van der Waals surface area contributed by atoms with Gasteiger partial charge < -0.3 is 9.72 Å². The maximum absolute atomic E-state index is 12.6. The molecule has 1 unspecified atom stereocenters. The fourth-order valence-corrected chi connectivity index (χ4v) is 3.59. The number of fused-ring (bicyclic) bond motifs is 3. The first-order valence-corrected chi connectivity index (χ1v) is 8.96. The van der Waals surface area contributed by atoms with E-state index in [-0.39, 0.29) is 11.8 Å². The first-order valence-electron chi connectivity index (χ1n) is 8.59. The number of aromatic nitrogens is 2. The molecule has 1 amide bonds. The highest BCUT2D eigenvalue weighted by Gasteiger charge is 2.27. The number of benzene rings is 1. The van der Waals surface area contributed by atoms with E-state index in [9.17, 15) is 4.79 Å². The third-order valence-corrected chi connectivity index (χ3v) is 5.14. The number of aryl methyl sites for hydroxylation is 2. The van der Waals surface area contributed by atoms with Crippen molar-refractivity contribution in [2.45, 2.75) is 32.7 Å². The van der Waals surface area contributed by atoms with Crippen LogP contribution in [0.1, 0.15) is 28.9 Å². The SMILES string of the molecule is Cc1ccn2c3c(nc2c1)CCC(C(=O)NCc1ccc(Cl)cc1)C3. The summed E-state index contributed by atoms with van der Waals surface area (Å²) < 4.78 is 2.13. The smallest absolute Gasteiger partial charge is 0.223 e. The van der Waals surface area contributed by atoms with Crippen LogP contribution in [0.2, 0.25) is 5.02 Å². The Morgan fingerprint density at radius 2 is 2.12 bits per heavy atom. The van der Waals surface area contributed by atoms with Gasteiger partial charge in [0, 0.05) is 35.8 Å². The zero-order chi connectivity index (χ0) is 17.4. The van der Waals surface area contributed by atoms with Crippen molar-refractivity contribution >= 4 is 23.2 Å². The summed E-state index contributed by atoms with van der Waals surface area (Å²) >= 11 is 5.90. The van der Waals surface area contributed by atoms with Crippen LogP contribution in [-0.2, 0) is 24.2 Å². The Bertz CT molecular complexity index is 930. The Kier molecular flexibility index (Phi) is 4.22. The second kappa shape index (κ2) is 6.52. The van der Waals surface area contributed by atoms with E-state index < -0.39 is 0 Å². The quantitative estimate of drug-likeness (QED) is 0.780. The minimum absolute atomic E-state index is 0.000929. The van der Waals surface area contributed by atoms with Gasteiger partial charge in [0.15, 0.2) is 0 Å².